The monoisotopic (exact) mass is 521 g/mol. The van der Waals surface area contributed by atoms with E-state index < -0.39 is 0 Å². The van der Waals surface area contributed by atoms with E-state index in [-0.39, 0.29) is 10.8 Å². The van der Waals surface area contributed by atoms with Crippen LogP contribution in [0.5, 0.6) is 0 Å². The molecule has 0 atom stereocenters. The van der Waals surface area contributed by atoms with Crippen molar-refractivity contribution in [3.63, 3.8) is 0 Å². The van der Waals surface area contributed by atoms with Crippen LogP contribution >= 0.6 is 15.9 Å². The van der Waals surface area contributed by atoms with Crippen LogP contribution < -0.4 is 4.90 Å². The summed E-state index contributed by atoms with van der Waals surface area (Å²) in [6, 6.07) is 15.5. The zero-order valence-electron chi connectivity index (χ0n) is 22.1. The normalized spacial score (nSPS) is 19.9. The van der Waals surface area contributed by atoms with Gasteiger partial charge in [-0.25, -0.2) is 0 Å². The predicted octanol–water partition coefficient (Wildman–Crippen LogP) is 6.79. The van der Waals surface area contributed by atoms with E-state index in [0.29, 0.717) is 0 Å². The molecule has 2 aromatic carbocycles. The van der Waals surface area contributed by atoms with Gasteiger partial charge in [-0.3, -0.25) is 0 Å². The minimum absolute atomic E-state index is 0.0102. The van der Waals surface area contributed by atoms with Crippen LogP contribution in [0.3, 0.4) is 0 Å². The first-order valence-electron chi connectivity index (χ1n) is 12.3. The molecule has 0 saturated carbocycles. The van der Waals surface area contributed by atoms with Crippen molar-refractivity contribution in [2.75, 3.05) is 46.2 Å². The van der Waals surface area contributed by atoms with Crippen LogP contribution in [0.2, 0.25) is 0 Å². The molecule has 0 radical (unpaired) electrons. The fourth-order valence-electron chi connectivity index (χ4n) is 5.62. The molecule has 2 aromatic rings. The maximum atomic E-state index is 3.70. The van der Waals surface area contributed by atoms with Crippen LogP contribution in [0.4, 0.5) is 11.4 Å². The van der Waals surface area contributed by atoms with Crippen LogP contribution in [0.1, 0.15) is 45.2 Å². The summed E-state index contributed by atoms with van der Waals surface area (Å²) < 4.78 is 4.48. The molecule has 0 spiro atoms. The Morgan fingerprint density at radius 2 is 1.68 bits per heavy atom. The third-order valence-electron chi connectivity index (χ3n) is 7.51. The van der Waals surface area contributed by atoms with Crippen molar-refractivity contribution in [3.05, 3.63) is 82.0 Å². The molecule has 4 heteroatoms. The van der Waals surface area contributed by atoms with Gasteiger partial charge in [-0.05, 0) is 43.7 Å². The van der Waals surface area contributed by atoms with Crippen molar-refractivity contribution in [1.29, 1.82) is 0 Å². The number of quaternary nitrogens is 1. The number of benzene rings is 2. The summed E-state index contributed by atoms with van der Waals surface area (Å²) in [7, 11) is 9.00. The molecule has 2 aliphatic heterocycles. The lowest BCUT2D eigenvalue weighted by atomic mass is 9.81. The minimum atomic E-state index is -0.0508. The quantitative estimate of drug-likeness (QED) is 0.299. The van der Waals surface area contributed by atoms with Crippen LogP contribution in [-0.4, -0.2) is 56.1 Å². The molecule has 0 unspecified atom stereocenters. The molecule has 2 aliphatic rings. The molecule has 180 valence electrons. The van der Waals surface area contributed by atoms with E-state index in [1.54, 1.807) is 0 Å². The highest BCUT2D eigenvalue weighted by Gasteiger charge is 2.43. The molecule has 0 N–H and O–H groups in total. The number of fused-ring (bicyclic) bond motifs is 2. The fourth-order valence-corrected chi connectivity index (χ4v) is 5.99. The van der Waals surface area contributed by atoms with E-state index in [2.05, 4.69) is 142 Å². The standard InChI is InChI=1S/C30H40BrN3/c1-29(2)23-13-9-10-14-25(23)32(5)27(29)15-11-16-28-30(3,4)24-21-22(31)17-18-26(24)33(28)19-12-20-34(6,7)8/h9-11,13-18,21H,12,19-20H2,1-8H3/q+2. The SMILES string of the molecule is C[N+]1=C(/C=C/C=C2/N(CCC[N+](C)(C)C)c3ccc(Br)cc3C2(C)C)C(C)(C)c2ccccc21. The second kappa shape index (κ2) is 8.80. The van der Waals surface area contributed by atoms with Gasteiger partial charge in [0.05, 0.1) is 33.1 Å². The van der Waals surface area contributed by atoms with Gasteiger partial charge >= 0.3 is 0 Å². The van der Waals surface area contributed by atoms with Crippen molar-refractivity contribution < 1.29 is 9.06 Å². The minimum Gasteiger partial charge on any atom is -0.344 e. The number of hydrogen-bond donors (Lipinski definition) is 0. The van der Waals surface area contributed by atoms with E-state index >= 15 is 0 Å². The highest BCUT2D eigenvalue weighted by Crippen LogP contribution is 2.48. The average molecular weight is 523 g/mol. The summed E-state index contributed by atoms with van der Waals surface area (Å²) in [6.07, 6.45) is 8.08. The lowest BCUT2D eigenvalue weighted by molar-refractivity contribution is -0.870. The first-order valence-corrected chi connectivity index (χ1v) is 13.1. The number of allylic oxidation sites excluding steroid dienone is 4. The van der Waals surface area contributed by atoms with Crippen molar-refractivity contribution in [2.45, 2.75) is 44.9 Å². The van der Waals surface area contributed by atoms with Gasteiger partial charge in [-0.1, -0.05) is 54.1 Å². The molecule has 4 rings (SSSR count). The Kier molecular flexibility index (Phi) is 6.46. The van der Waals surface area contributed by atoms with Crippen molar-refractivity contribution >= 4 is 33.0 Å². The molecule has 0 amide bonds. The molecule has 0 saturated heterocycles. The van der Waals surface area contributed by atoms with Gasteiger partial charge in [-0.15, -0.1) is 0 Å². The Balaban J connectivity index is 1.69. The number of rotatable bonds is 6. The fraction of sp³-hybridized carbons (Fsp3) is 0.433. The smallest absolute Gasteiger partial charge is 0.209 e. The Hall–Kier alpha value is -2.17. The highest BCUT2D eigenvalue weighted by atomic mass is 79.9. The van der Waals surface area contributed by atoms with Gasteiger partial charge in [0.25, 0.3) is 0 Å². The summed E-state index contributed by atoms with van der Waals surface area (Å²) in [6.45, 7) is 11.5. The van der Waals surface area contributed by atoms with Gasteiger partial charge in [0.15, 0.2) is 5.71 Å². The van der Waals surface area contributed by atoms with Gasteiger partial charge < -0.3 is 9.38 Å². The first-order chi connectivity index (χ1) is 15.8. The number of anilines is 1. The average Bonchev–Trinajstić information content (AvgIpc) is 3.07. The zero-order valence-corrected chi connectivity index (χ0v) is 23.7. The molecule has 0 aliphatic carbocycles. The van der Waals surface area contributed by atoms with Crippen LogP contribution in [-0.2, 0) is 10.8 Å². The Labute approximate surface area is 214 Å². The molecule has 3 nitrogen and oxygen atoms in total. The molecular formula is C30H40BrN3+2. The van der Waals surface area contributed by atoms with E-state index in [0.717, 1.165) is 28.5 Å². The molecule has 0 aromatic heterocycles. The summed E-state index contributed by atoms with van der Waals surface area (Å²) in [5.41, 5.74) is 8.07. The van der Waals surface area contributed by atoms with E-state index in [1.165, 1.54) is 33.9 Å². The topological polar surface area (TPSA) is 6.25 Å². The molecular weight excluding hydrogens is 482 g/mol. The van der Waals surface area contributed by atoms with Crippen LogP contribution in [0.25, 0.3) is 0 Å². The van der Waals surface area contributed by atoms with Gasteiger partial charge in [0.2, 0.25) is 5.69 Å². The van der Waals surface area contributed by atoms with Crippen molar-refractivity contribution in [1.82, 2.24) is 0 Å². The summed E-state index contributed by atoms with van der Waals surface area (Å²) >= 11 is 3.70. The van der Waals surface area contributed by atoms with Crippen LogP contribution in [0, 0.1) is 0 Å². The maximum absolute atomic E-state index is 3.70. The third kappa shape index (κ3) is 4.43. The van der Waals surface area contributed by atoms with Gasteiger partial charge in [0.1, 0.15) is 7.05 Å². The second-order valence-electron chi connectivity index (χ2n) is 11.8. The van der Waals surface area contributed by atoms with E-state index in [9.17, 15) is 0 Å². The van der Waals surface area contributed by atoms with E-state index in [4.69, 9.17) is 0 Å². The summed E-state index contributed by atoms with van der Waals surface area (Å²) in [4.78, 5) is 2.55. The predicted molar refractivity (Wildman–Crippen MR) is 150 cm³/mol. The lowest BCUT2D eigenvalue weighted by Crippen LogP contribution is -2.37. The first kappa shape index (κ1) is 24.9. The summed E-state index contributed by atoms with van der Waals surface area (Å²) in [5, 5.41) is 0. The van der Waals surface area contributed by atoms with E-state index in [1.807, 2.05) is 0 Å². The van der Waals surface area contributed by atoms with Crippen molar-refractivity contribution in [3.8, 4) is 0 Å². The Morgan fingerprint density at radius 3 is 2.35 bits per heavy atom. The maximum Gasteiger partial charge on any atom is 0.209 e. The highest BCUT2D eigenvalue weighted by molar-refractivity contribution is 9.10. The molecule has 0 bridgehead atoms. The third-order valence-corrected chi connectivity index (χ3v) is 8.01. The van der Waals surface area contributed by atoms with Gasteiger partial charge in [-0.2, -0.15) is 4.58 Å². The summed E-state index contributed by atoms with van der Waals surface area (Å²) in [5.74, 6) is 0. The van der Waals surface area contributed by atoms with Crippen molar-refractivity contribution in [2.24, 2.45) is 0 Å². The molecule has 0 fully saturated rings. The molecule has 34 heavy (non-hydrogen) atoms. The Morgan fingerprint density at radius 1 is 0.971 bits per heavy atom. The molecule has 2 heterocycles. The van der Waals surface area contributed by atoms with Gasteiger partial charge in [0, 0.05) is 51.9 Å². The lowest BCUT2D eigenvalue weighted by Gasteiger charge is -2.29. The number of halogens is 1. The van der Waals surface area contributed by atoms with Crippen LogP contribution in [0.15, 0.2) is 70.9 Å². The zero-order chi connectivity index (χ0) is 24.9. The second-order valence-corrected chi connectivity index (χ2v) is 12.7. The largest absolute Gasteiger partial charge is 0.344 e. The number of nitrogens with zero attached hydrogens (tertiary/aromatic N) is 3. The number of para-hydroxylation sites is 1. The number of hydrogen-bond acceptors (Lipinski definition) is 1. The Bertz CT molecular complexity index is 1190.